The Kier molecular flexibility index (Phi) is 4.37. The Balaban J connectivity index is 3.27. The van der Waals surface area contributed by atoms with Crippen LogP contribution >= 0.6 is 23.2 Å². The lowest BCUT2D eigenvalue weighted by atomic mass is 10.4. The molecule has 0 radical (unpaired) electrons. The highest BCUT2D eigenvalue weighted by molar-refractivity contribution is 7.89. The van der Waals surface area contributed by atoms with Gasteiger partial charge in [-0.25, -0.2) is 8.42 Å². The molecular weight excluding hydrogens is 289 g/mol. The van der Waals surface area contributed by atoms with E-state index in [2.05, 4.69) is 0 Å². The molecule has 0 aromatic heterocycles. The average Bonchev–Trinajstić information content (AvgIpc) is 2.15. The van der Waals surface area contributed by atoms with Crippen LogP contribution in [0.15, 0.2) is 23.1 Å². The van der Waals surface area contributed by atoms with Gasteiger partial charge in [-0.2, -0.15) is 4.31 Å². The van der Waals surface area contributed by atoms with Crippen LogP contribution in [0.1, 0.15) is 0 Å². The highest BCUT2D eigenvalue weighted by atomic mass is 35.5. The van der Waals surface area contributed by atoms with E-state index in [1.165, 1.54) is 18.2 Å². The largest absolute Gasteiger partial charge is 0.480 e. The molecule has 0 atom stereocenters. The second-order valence-electron chi connectivity index (χ2n) is 3.21. The SMILES string of the molecule is CN(CC(=O)O)S(=O)(=O)c1c(Cl)cccc1Cl. The number of rotatable bonds is 4. The molecule has 1 aromatic carbocycles. The zero-order chi connectivity index (χ0) is 13.2. The van der Waals surface area contributed by atoms with Crippen LogP contribution in [0, 0.1) is 0 Å². The molecule has 1 aromatic rings. The van der Waals surface area contributed by atoms with Crippen molar-refractivity contribution < 1.29 is 18.3 Å². The van der Waals surface area contributed by atoms with Crippen LogP contribution in [0.4, 0.5) is 0 Å². The number of sulfonamides is 1. The molecule has 0 aliphatic heterocycles. The second-order valence-corrected chi connectivity index (χ2v) is 6.00. The summed E-state index contributed by atoms with van der Waals surface area (Å²) in [5.74, 6) is -1.26. The van der Waals surface area contributed by atoms with Crippen LogP contribution in [0.5, 0.6) is 0 Å². The van der Waals surface area contributed by atoms with Crippen LogP contribution < -0.4 is 0 Å². The Morgan fingerprint density at radius 2 is 1.82 bits per heavy atom. The van der Waals surface area contributed by atoms with E-state index in [1.54, 1.807) is 0 Å². The Morgan fingerprint density at radius 1 is 1.35 bits per heavy atom. The summed E-state index contributed by atoms with van der Waals surface area (Å²) in [4.78, 5) is 10.2. The number of carbonyl (C=O) groups is 1. The van der Waals surface area contributed by atoms with Gasteiger partial charge in [0.15, 0.2) is 0 Å². The van der Waals surface area contributed by atoms with Gasteiger partial charge >= 0.3 is 5.97 Å². The van der Waals surface area contributed by atoms with Crippen molar-refractivity contribution in [3.05, 3.63) is 28.2 Å². The first-order chi connectivity index (χ1) is 7.76. The van der Waals surface area contributed by atoms with Crippen molar-refractivity contribution >= 4 is 39.2 Å². The number of nitrogens with zero attached hydrogens (tertiary/aromatic N) is 1. The van der Waals surface area contributed by atoms with Gasteiger partial charge in [0, 0.05) is 7.05 Å². The number of aliphatic carboxylic acids is 1. The summed E-state index contributed by atoms with van der Waals surface area (Å²) in [6.07, 6.45) is 0. The summed E-state index contributed by atoms with van der Waals surface area (Å²) < 4.78 is 24.7. The molecule has 0 aliphatic rings. The highest BCUT2D eigenvalue weighted by Gasteiger charge is 2.27. The van der Waals surface area contributed by atoms with Gasteiger partial charge in [-0.15, -0.1) is 0 Å². The molecule has 0 aliphatic carbocycles. The average molecular weight is 298 g/mol. The number of carboxylic acid groups (broad SMARTS) is 1. The standard InChI is InChI=1S/C9H9Cl2NO4S/c1-12(5-8(13)14)17(15,16)9-6(10)3-2-4-7(9)11/h2-4H,5H2,1H3,(H,13,14). The molecule has 0 fully saturated rings. The first kappa shape index (κ1) is 14.2. The minimum atomic E-state index is -4.01. The van der Waals surface area contributed by atoms with Crippen molar-refractivity contribution in [1.29, 1.82) is 0 Å². The third kappa shape index (κ3) is 3.10. The molecule has 0 spiro atoms. The van der Waals surface area contributed by atoms with Crippen molar-refractivity contribution in [2.75, 3.05) is 13.6 Å². The Labute approximate surface area is 109 Å². The van der Waals surface area contributed by atoms with E-state index in [-0.39, 0.29) is 14.9 Å². The number of halogens is 2. The van der Waals surface area contributed by atoms with Crippen molar-refractivity contribution in [2.45, 2.75) is 4.90 Å². The van der Waals surface area contributed by atoms with E-state index in [1.807, 2.05) is 0 Å². The van der Waals surface area contributed by atoms with Gasteiger partial charge in [-0.05, 0) is 12.1 Å². The molecule has 0 saturated heterocycles. The lowest BCUT2D eigenvalue weighted by Crippen LogP contribution is -2.32. The summed E-state index contributed by atoms with van der Waals surface area (Å²) in [7, 11) is -2.86. The molecule has 0 amide bonds. The molecule has 5 nitrogen and oxygen atoms in total. The van der Waals surface area contributed by atoms with Crippen molar-refractivity contribution in [3.63, 3.8) is 0 Å². The number of hydrogen-bond donors (Lipinski definition) is 1. The monoisotopic (exact) mass is 297 g/mol. The Bertz CT molecular complexity index is 524. The van der Waals surface area contributed by atoms with Crippen molar-refractivity contribution in [3.8, 4) is 0 Å². The van der Waals surface area contributed by atoms with E-state index in [4.69, 9.17) is 28.3 Å². The first-order valence-corrected chi connectivity index (χ1v) is 6.58. The fourth-order valence-electron chi connectivity index (χ4n) is 1.16. The zero-order valence-corrected chi connectivity index (χ0v) is 11.1. The van der Waals surface area contributed by atoms with E-state index < -0.39 is 22.5 Å². The number of hydrogen-bond acceptors (Lipinski definition) is 3. The number of likely N-dealkylation sites (N-methyl/N-ethyl adjacent to an activating group) is 1. The molecule has 0 unspecified atom stereocenters. The normalized spacial score (nSPS) is 11.8. The van der Waals surface area contributed by atoms with Crippen LogP contribution in [0.25, 0.3) is 0 Å². The van der Waals surface area contributed by atoms with Gasteiger partial charge in [-0.1, -0.05) is 29.3 Å². The van der Waals surface area contributed by atoms with Gasteiger partial charge in [-0.3, -0.25) is 4.79 Å². The minimum Gasteiger partial charge on any atom is -0.480 e. The molecule has 0 saturated carbocycles. The first-order valence-electron chi connectivity index (χ1n) is 4.39. The van der Waals surface area contributed by atoms with E-state index in [0.29, 0.717) is 4.31 Å². The molecule has 8 heteroatoms. The van der Waals surface area contributed by atoms with Crippen LogP contribution in [0.3, 0.4) is 0 Å². The smallest absolute Gasteiger partial charge is 0.318 e. The lowest BCUT2D eigenvalue weighted by Gasteiger charge is -2.16. The molecule has 1 rings (SSSR count). The van der Waals surface area contributed by atoms with Crippen LogP contribution in [-0.2, 0) is 14.8 Å². The van der Waals surface area contributed by atoms with Crippen molar-refractivity contribution in [1.82, 2.24) is 4.31 Å². The molecule has 94 valence electrons. The van der Waals surface area contributed by atoms with Gasteiger partial charge in [0.05, 0.1) is 10.0 Å². The molecule has 1 N–H and O–H groups in total. The maximum Gasteiger partial charge on any atom is 0.318 e. The zero-order valence-electron chi connectivity index (χ0n) is 8.72. The number of carboxylic acids is 1. The minimum absolute atomic E-state index is 0.0465. The van der Waals surface area contributed by atoms with Gasteiger partial charge < -0.3 is 5.11 Å². The maximum absolute atomic E-state index is 12.0. The van der Waals surface area contributed by atoms with E-state index in [9.17, 15) is 13.2 Å². The Morgan fingerprint density at radius 3 is 2.24 bits per heavy atom. The van der Waals surface area contributed by atoms with E-state index >= 15 is 0 Å². The van der Waals surface area contributed by atoms with Gasteiger partial charge in [0.1, 0.15) is 11.4 Å². The third-order valence-electron chi connectivity index (χ3n) is 1.95. The van der Waals surface area contributed by atoms with Gasteiger partial charge in [0.25, 0.3) is 0 Å². The second kappa shape index (κ2) is 5.22. The molecular formula is C9H9Cl2NO4S. The predicted octanol–water partition coefficient (Wildman–Crippen LogP) is 1.70. The van der Waals surface area contributed by atoms with Gasteiger partial charge in [0.2, 0.25) is 10.0 Å². The topological polar surface area (TPSA) is 74.7 Å². The fourth-order valence-corrected chi connectivity index (χ4v) is 3.36. The van der Waals surface area contributed by atoms with E-state index in [0.717, 1.165) is 7.05 Å². The number of benzene rings is 1. The summed E-state index contributed by atoms with van der Waals surface area (Å²) in [6.45, 7) is -0.663. The Hall–Kier alpha value is -0.820. The maximum atomic E-state index is 12.0. The summed E-state index contributed by atoms with van der Waals surface area (Å²) in [5, 5.41) is 8.47. The fraction of sp³-hybridized carbons (Fsp3) is 0.222. The predicted molar refractivity (Wildman–Crippen MR) is 63.9 cm³/mol. The summed E-state index contributed by atoms with van der Waals surface area (Å²) >= 11 is 11.5. The third-order valence-corrected chi connectivity index (χ3v) is 4.70. The quantitative estimate of drug-likeness (QED) is 0.918. The highest BCUT2D eigenvalue weighted by Crippen LogP contribution is 2.30. The summed E-state index contributed by atoms with van der Waals surface area (Å²) in [5.41, 5.74) is 0. The molecule has 0 heterocycles. The molecule has 17 heavy (non-hydrogen) atoms. The van der Waals surface area contributed by atoms with Crippen molar-refractivity contribution in [2.24, 2.45) is 0 Å². The lowest BCUT2D eigenvalue weighted by molar-refractivity contribution is -0.137. The van der Waals surface area contributed by atoms with Crippen LogP contribution in [0.2, 0.25) is 10.0 Å². The summed E-state index contributed by atoms with van der Waals surface area (Å²) in [6, 6.07) is 4.24. The molecule has 0 bridgehead atoms. The van der Waals surface area contributed by atoms with Crippen LogP contribution in [-0.4, -0.2) is 37.4 Å².